The fraction of sp³-hybridized carbons (Fsp3) is 0.385. The number of hydrogen-bond donors (Lipinski definition) is 1. The summed E-state index contributed by atoms with van der Waals surface area (Å²) in [6.45, 7) is 0. The highest BCUT2D eigenvalue weighted by Gasteiger charge is 2.08. The highest BCUT2D eigenvalue weighted by Crippen LogP contribution is 2.10. The summed E-state index contributed by atoms with van der Waals surface area (Å²) in [5, 5.41) is 4.98. The molecule has 116 valence electrons. The summed E-state index contributed by atoms with van der Waals surface area (Å²) in [6.07, 6.45) is 1.29. The number of ether oxygens (including phenoxy) is 1. The lowest BCUT2D eigenvalue weighted by atomic mass is 10.0. The standard InChI is InChI=1S/C13H18N2O5S/c1-15(20-21(17)18)14-12(9-6-10-13(16)19-2)11-7-4-3-5-8-11/h3-5,7-8,21H,6,9-10H2,1-2H3. The molecule has 0 spiro atoms. The number of carbonyl (C=O) groups excluding carboxylic acids is 1. The van der Waals surface area contributed by atoms with Crippen LogP contribution >= 0.6 is 0 Å². The molecule has 0 heterocycles. The molecule has 0 amide bonds. The van der Waals surface area contributed by atoms with Crippen molar-refractivity contribution >= 4 is 22.7 Å². The second kappa shape index (κ2) is 9.09. The van der Waals surface area contributed by atoms with E-state index in [9.17, 15) is 13.2 Å². The molecule has 0 aliphatic rings. The van der Waals surface area contributed by atoms with Crippen molar-refractivity contribution in [2.45, 2.75) is 19.3 Å². The van der Waals surface area contributed by atoms with Crippen LogP contribution in [0.4, 0.5) is 0 Å². The quantitative estimate of drug-likeness (QED) is 0.335. The molecule has 0 saturated heterocycles. The first kappa shape index (κ1) is 17.1. The molecule has 0 unspecified atom stereocenters. The van der Waals surface area contributed by atoms with E-state index in [1.54, 1.807) is 0 Å². The number of carbonyl (C=O) groups is 1. The minimum Gasteiger partial charge on any atom is -0.469 e. The summed E-state index contributed by atoms with van der Waals surface area (Å²) in [4.78, 5) is 11.1. The average molecular weight is 314 g/mol. The van der Waals surface area contributed by atoms with Crippen LogP contribution in [0, 0.1) is 0 Å². The van der Waals surface area contributed by atoms with Gasteiger partial charge in [-0.15, -0.1) is 4.28 Å². The summed E-state index contributed by atoms with van der Waals surface area (Å²) in [6, 6.07) is 9.26. The van der Waals surface area contributed by atoms with Gasteiger partial charge in [0.1, 0.15) is 0 Å². The molecule has 0 radical (unpaired) electrons. The number of thiol groups is 1. The first-order chi connectivity index (χ1) is 10.0. The zero-order valence-corrected chi connectivity index (χ0v) is 12.8. The average Bonchev–Trinajstić information content (AvgIpc) is 2.46. The van der Waals surface area contributed by atoms with Crippen LogP contribution < -0.4 is 0 Å². The van der Waals surface area contributed by atoms with Crippen LogP contribution in [0.2, 0.25) is 0 Å². The fourth-order valence-corrected chi connectivity index (χ4v) is 1.90. The molecule has 0 fully saturated rings. The molecule has 1 aromatic rings. The predicted octanol–water partition coefficient (Wildman–Crippen LogP) is 1.12. The molecule has 0 atom stereocenters. The van der Waals surface area contributed by atoms with Crippen molar-refractivity contribution in [1.82, 2.24) is 5.17 Å². The number of rotatable bonds is 8. The normalized spacial score (nSPS) is 11.5. The van der Waals surface area contributed by atoms with E-state index in [0.29, 0.717) is 18.6 Å². The number of benzene rings is 1. The van der Waals surface area contributed by atoms with Gasteiger partial charge in [0.15, 0.2) is 0 Å². The van der Waals surface area contributed by atoms with Gasteiger partial charge in [0.25, 0.3) is 11.0 Å². The fourth-order valence-electron chi connectivity index (χ4n) is 1.67. The number of methoxy groups -OCH3 is 1. The van der Waals surface area contributed by atoms with Gasteiger partial charge in [-0.05, 0) is 18.4 Å². The van der Waals surface area contributed by atoms with Gasteiger partial charge in [0, 0.05) is 6.42 Å². The van der Waals surface area contributed by atoms with Crippen molar-refractivity contribution in [2.24, 2.45) is 5.10 Å². The molecule has 0 aliphatic heterocycles. The summed E-state index contributed by atoms with van der Waals surface area (Å²) in [5.41, 5.74) is 1.46. The monoisotopic (exact) mass is 314 g/mol. The van der Waals surface area contributed by atoms with Crippen LogP contribution in [0.1, 0.15) is 24.8 Å². The third kappa shape index (κ3) is 6.87. The minimum absolute atomic E-state index is 0.267. The largest absolute Gasteiger partial charge is 0.469 e. The molecule has 0 aromatic heterocycles. The van der Waals surface area contributed by atoms with Crippen LogP contribution in [-0.4, -0.2) is 39.4 Å². The third-order valence-electron chi connectivity index (χ3n) is 2.58. The van der Waals surface area contributed by atoms with Crippen molar-refractivity contribution in [3.05, 3.63) is 35.9 Å². The van der Waals surface area contributed by atoms with E-state index < -0.39 is 11.0 Å². The molecule has 0 saturated carbocycles. The van der Waals surface area contributed by atoms with E-state index in [0.717, 1.165) is 10.7 Å². The maximum absolute atomic E-state index is 11.1. The van der Waals surface area contributed by atoms with Gasteiger partial charge < -0.3 is 4.74 Å². The van der Waals surface area contributed by atoms with E-state index in [1.165, 1.54) is 14.2 Å². The zero-order chi connectivity index (χ0) is 15.7. The van der Waals surface area contributed by atoms with Gasteiger partial charge >= 0.3 is 5.97 Å². The summed E-state index contributed by atoms with van der Waals surface area (Å²) >= 11 is 0. The topological polar surface area (TPSA) is 85.3 Å². The Labute approximate surface area is 125 Å². The Kier molecular flexibility index (Phi) is 7.41. The highest BCUT2D eigenvalue weighted by atomic mass is 32.2. The van der Waals surface area contributed by atoms with Crippen LogP contribution in [0.5, 0.6) is 0 Å². The maximum atomic E-state index is 11.1. The SMILES string of the molecule is COC(=O)CCCC(=NN(C)O[SH](=O)=O)c1ccccc1. The van der Waals surface area contributed by atoms with Crippen LogP contribution in [0.25, 0.3) is 0 Å². The first-order valence-corrected chi connectivity index (χ1v) is 7.38. The molecule has 0 N–H and O–H groups in total. The van der Waals surface area contributed by atoms with Crippen molar-refractivity contribution in [3.63, 3.8) is 0 Å². The van der Waals surface area contributed by atoms with Crippen molar-refractivity contribution < 1.29 is 22.2 Å². The van der Waals surface area contributed by atoms with E-state index in [-0.39, 0.29) is 12.4 Å². The molecule has 0 bridgehead atoms. The first-order valence-electron chi connectivity index (χ1n) is 6.29. The molecular formula is C13H18N2O5S. The van der Waals surface area contributed by atoms with E-state index in [2.05, 4.69) is 14.1 Å². The smallest absolute Gasteiger partial charge is 0.305 e. The van der Waals surface area contributed by atoms with E-state index >= 15 is 0 Å². The van der Waals surface area contributed by atoms with Gasteiger partial charge in [-0.2, -0.15) is 10.3 Å². The van der Waals surface area contributed by atoms with Gasteiger partial charge in [-0.3, -0.25) is 4.79 Å². The number of hydroxylamine groups is 1. The molecule has 0 aliphatic carbocycles. The Bertz CT molecular complexity index is 549. The Morgan fingerprint density at radius 2 is 1.90 bits per heavy atom. The lowest BCUT2D eigenvalue weighted by Crippen LogP contribution is -2.15. The molecule has 21 heavy (non-hydrogen) atoms. The summed E-state index contributed by atoms with van der Waals surface area (Å²) < 4.78 is 30.1. The lowest BCUT2D eigenvalue weighted by molar-refractivity contribution is -0.140. The van der Waals surface area contributed by atoms with Crippen LogP contribution in [-0.2, 0) is 24.8 Å². The van der Waals surface area contributed by atoms with Gasteiger partial charge in [0.05, 0.1) is 19.9 Å². The van der Waals surface area contributed by atoms with Gasteiger partial charge in [-0.25, -0.2) is 8.42 Å². The molecule has 7 nitrogen and oxygen atoms in total. The van der Waals surface area contributed by atoms with Crippen molar-refractivity contribution in [1.29, 1.82) is 0 Å². The second-order valence-corrected chi connectivity index (χ2v) is 4.72. The van der Waals surface area contributed by atoms with E-state index in [1.807, 2.05) is 30.3 Å². The second-order valence-electron chi connectivity index (χ2n) is 4.11. The Balaban J connectivity index is 2.80. The minimum atomic E-state index is -3.02. The summed E-state index contributed by atoms with van der Waals surface area (Å²) in [5.74, 6) is -0.297. The Morgan fingerprint density at radius 1 is 1.24 bits per heavy atom. The predicted molar refractivity (Wildman–Crippen MR) is 78.0 cm³/mol. The van der Waals surface area contributed by atoms with Gasteiger partial charge in [-0.1, -0.05) is 30.3 Å². The molecule has 8 heteroatoms. The van der Waals surface area contributed by atoms with E-state index in [4.69, 9.17) is 0 Å². The number of hydrogen-bond acceptors (Lipinski definition) is 7. The highest BCUT2D eigenvalue weighted by molar-refractivity contribution is 7.67. The Hall–Kier alpha value is -1.93. The van der Waals surface area contributed by atoms with Crippen molar-refractivity contribution in [3.8, 4) is 0 Å². The third-order valence-corrected chi connectivity index (χ3v) is 2.95. The molecular weight excluding hydrogens is 296 g/mol. The maximum Gasteiger partial charge on any atom is 0.305 e. The lowest BCUT2D eigenvalue weighted by Gasteiger charge is -2.12. The Morgan fingerprint density at radius 3 is 2.48 bits per heavy atom. The number of esters is 1. The number of nitrogens with zero attached hydrogens (tertiary/aromatic N) is 2. The number of hydrazone groups is 1. The van der Waals surface area contributed by atoms with Gasteiger partial charge in [0.2, 0.25) is 0 Å². The molecule has 1 aromatic carbocycles. The van der Waals surface area contributed by atoms with Crippen LogP contribution in [0.3, 0.4) is 0 Å². The molecule has 1 rings (SSSR count). The van der Waals surface area contributed by atoms with Crippen molar-refractivity contribution in [2.75, 3.05) is 14.2 Å². The zero-order valence-electron chi connectivity index (χ0n) is 11.9. The summed E-state index contributed by atoms with van der Waals surface area (Å²) in [7, 11) is -0.303. The van der Waals surface area contributed by atoms with Crippen LogP contribution in [0.15, 0.2) is 35.4 Å².